The van der Waals surface area contributed by atoms with Crippen molar-refractivity contribution < 1.29 is 19.4 Å². The van der Waals surface area contributed by atoms with Gasteiger partial charge in [-0.05, 0) is 40.2 Å². The van der Waals surface area contributed by atoms with Crippen LogP contribution in [0.1, 0.15) is 40.0 Å². The molecule has 0 atom stereocenters. The molecule has 2 N–H and O–H groups in total. The molecule has 0 aliphatic heterocycles. The van der Waals surface area contributed by atoms with Gasteiger partial charge in [-0.3, -0.25) is 9.59 Å². The van der Waals surface area contributed by atoms with Gasteiger partial charge in [-0.1, -0.05) is 0 Å². The number of unbranched alkanes of at least 4 members (excludes halogenated alkanes) is 1. The summed E-state index contributed by atoms with van der Waals surface area (Å²) in [7, 11) is 0. The van der Waals surface area contributed by atoms with Crippen molar-refractivity contribution in [2.45, 2.75) is 45.6 Å². The van der Waals surface area contributed by atoms with E-state index in [1.807, 2.05) is 20.8 Å². The molecule has 0 amide bonds. The highest BCUT2D eigenvalue weighted by Gasteiger charge is 2.15. The summed E-state index contributed by atoms with van der Waals surface area (Å²) in [4.78, 5) is 21.4. The molecular formula is C11H21NO4. The third-order valence-electron chi connectivity index (χ3n) is 1.68. The molecule has 0 spiro atoms. The summed E-state index contributed by atoms with van der Waals surface area (Å²) >= 11 is 0. The monoisotopic (exact) mass is 231 g/mol. The highest BCUT2D eigenvalue weighted by atomic mass is 16.6. The highest BCUT2D eigenvalue weighted by molar-refractivity contribution is 5.72. The molecule has 0 unspecified atom stereocenters. The number of ether oxygens (including phenoxy) is 1. The molecule has 0 rings (SSSR count). The number of carbonyl (C=O) groups is 2. The predicted molar refractivity (Wildman–Crippen MR) is 60.2 cm³/mol. The number of carboxylic acids is 1. The van der Waals surface area contributed by atoms with Crippen LogP contribution in [0.15, 0.2) is 0 Å². The fourth-order valence-corrected chi connectivity index (χ4v) is 1.09. The Bertz CT molecular complexity index is 233. The summed E-state index contributed by atoms with van der Waals surface area (Å²) in [5, 5.41) is 11.3. The molecule has 0 aliphatic rings. The molecule has 16 heavy (non-hydrogen) atoms. The van der Waals surface area contributed by atoms with Crippen LogP contribution in [0.5, 0.6) is 0 Å². The third kappa shape index (κ3) is 11.0. The molecule has 94 valence electrons. The van der Waals surface area contributed by atoms with E-state index in [4.69, 9.17) is 9.84 Å². The minimum atomic E-state index is -0.785. The molecule has 5 heteroatoms. The van der Waals surface area contributed by atoms with Crippen molar-refractivity contribution in [3.05, 3.63) is 0 Å². The summed E-state index contributed by atoms with van der Waals surface area (Å²) in [5.41, 5.74) is -0.456. The lowest BCUT2D eigenvalue weighted by Crippen LogP contribution is -2.31. The predicted octanol–water partition coefficient (Wildman–Crippen LogP) is 1.17. The largest absolute Gasteiger partial charge is 0.481 e. The zero-order chi connectivity index (χ0) is 12.6. The van der Waals surface area contributed by atoms with Crippen LogP contribution >= 0.6 is 0 Å². The van der Waals surface area contributed by atoms with Crippen LogP contribution in [-0.4, -0.2) is 35.7 Å². The topological polar surface area (TPSA) is 75.6 Å². The van der Waals surface area contributed by atoms with Gasteiger partial charge in [-0.25, -0.2) is 0 Å². The fraction of sp³-hybridized carbons (Fsp3) is 0.818. The van der Waals surface area contributed by atoms with Crippen molar-refractivity contribution in [3.8, 4) is 0 Å². The second-order valence-corrected chi connectivity index (χ2v) is 4.61. The first-order valence-electron chi connectivity index (χ1n) is 5.45. The van der Waals surface area contributed by atoms with E-state index in [2.05, 4.69) is 5.32 Å². The van der Waals surface area contributed by atoms with Crippen LogP contribution < -0.4 is 5.32 Å². The van der Waals surface area contributed by atoms with Gasteiger partial charge in [-0.15, -0.1) is 0 Å². The first kappa shape index (κ1) is 14.9. The number of hydrogen-bond donors (Lipinski definition) is 2. The maximum absolute atomic E-state index is 11.2. The lowest BCUT2D eigenvalue weighted by Gasteiger charge is -2.19. The fourth-order valence-electron chi connectivity index (χ4n) is 1.09. The molecule has 0 aromatic heterocycles. The summed E-state index contributed by atoms with van der Waals surface area (Å²) in [5.74, 6) is -1.07. The first-order chi connectivity index (χ1) is 7.31. The van der Waals surface area contributed by atoms with Crippen LogP contribution in [0.2, 0.25) is 0 Å². The Kier molecular flexibility index (Phi) is 6.72. The van der Waals surface area contributed by atoms with E-state index in [0.717, 1.165) is 6.42 Å². The van der Waals surface area contributed by atoms with Crippen LogP contribution in [0.25, 0.3) is 0 Å². The third-order valence-corrected chi connectivity index (χ3v) is 1.68. The van der Waals surface area contributed by atoms with E-state index in [0.29, 0.717) is 13.0 Å². The molecule has 0 aromatic rings. The Morgan fingerprint density at radius 2 is 1.88 bits per heavy atom. The van der Waals surface area contributed by atoms with E-state index < -0.39 is 11.6 Å². The molecular weight excluding hydrogens is 210 g/mol. The standard InChI is InChI=1S/C11H21NO4/c1-11(2,3)16-10(15)8-12-7-5-4-6-9(13)14/h12H,4-8H2,1-3H3,(H,13,14). The molecule has 0 saturated heterocycles. The smallest absolute Gasteiger partial charge is 0.320 e. The minimum absolute atomic E-state index is 0.171. The number of aliphatic carboxylic acids is 1. The SMILES string of the molecule is CC(C)(C)OC(=O)CNCCCCC(=O)O. The molecule has 0 saturated carbocycles. The van der Waals surface area contributed by atoms with Crippen molar-refractivity contribution in [2.75, 3.05) is 13.1 Å². The van der Waals surface area contributed by atoms with Gasteiger partial charge in [0.1, 0.15) is 5.60 Å². The van der Waals surface area contributed by atoms with E-state index >= 15 is 0 Å². The van der Waals surface area contributed by atoms with E-state index in [1.54, 1.807) is 0 Å². The first-order valence-corrected chi connectivity index (χ1v) is 5.45. The molecule has 0 heterocycles. The number of carbonyl (C=O) groups excluding carboxylic acids is 1. The number of esters is 1. The summed E-state index contributed by atoms with van der Waals surface area (Å²) < 4.78 is 5.09. The molecule has 0 radical (unpaired) electrons. The second-order valence-electron chi connectivity index (χ2n) is 4.61. The Morgan fingerprint density at radius 1 is 1.25 bits per heavy atom. The van der Waals surface area contributed by atoms with Crippen LogP contribution in [-0.2, 0) is 14.3 Å². The molecule has 5 nitrogen and oxygen atoms in total. The van der Waals surface area contributed by atoms with Crippen molar-refractivity contribution in [2.24, 2.45) is 0 Å². The summed E-state index contributed by atoms with van der Waals surface area (Å²) in [6.45, 7) is 6.25. The van der Waals surface area contributed by atoms with Gasteiger partial charge in [0, 0.05) is 6.42 Å². The Labute approximate surface area is 96.2 Å². The lowest BCUT2D eigenvalue weighted by atomic mass is 10.2. The Balaban J connectivity index is 3.38. The number of hydrogen-bond acceptors (Lipinski definition) is 4. The second kappa shape index (κ2) is 7.22. The van der Waals surface area contributed by atoms with Crippen LogP contribution in [0, 0.1) is 0 Å². The van der Waals surface area contributed by atoms with Crippen LogP contribution in [0.3, 0.4) is 0 Å². The average Bonchev–Trinajstić information content (AvgIpc) is 2.07. The van der Waals surface area contributed by atoms with Gasteiger partial charge in [0.15, 0.2) is 0 Å². The van der Waals surface area contributed by atoms with E-state index in [1.165, 1.54) is 0 Å². The molecule has 0 aliphatic carbocycles. The van der Waals surface area contributed by atoms with Gasteiger partial charge in [-0.2, -0.15) is 0 Å². The maximum atomic E-state index is 11.2. The quantitative estimate of drug-likeness (QED) is 0.508. The minimum Gasteiger partial charge on any atom is -0.481 e. The molecule has 0 bridgehead atoms. The van der Waals surface area contributed by atoms with Crippen molar-refractivity contribution in [3.63, 3.8) is 0 Å². The zero-order valence-corrected chi connectivity index (χ0v) is 10.2. The van der Waals surface area contributed by atoms with Gasteiger partial charge in [0.25, 0.3) is 0 Å². The van der Waals surface area contributed by atoms with Gasteiger partial charge >= 0.3 is 11.9 Å². The normalized spacial score (nSPS) is 11.2. The number of nitrogens with one attached hydrogen (secondary N) is 1. The average molecular weight is 231 g/mol. The van der Waals surface area contributed by atoms with Gasteiger partial charge in [0.05, 0.1) is 6.54 Å². The zero-order valence-electron chi connectivity index (χ0n) is 10.2. The van der Waals surface area contributed by atoms with E-state index in [9.17, 15) is 9.59 Å². The van der Waals surface area contributed by atoms with Crippen molar-refractivity contribution in [1.82, 2.24) is 5.32 Å². The van der Waals surface area contributed by atoms with Crippen molar-refractivity contribution >= 4 is 11.9 Å². The lowest BCUT2D eigenvalue weighted by molar-refractivity contribution is -0.153. The Morgan fingerprint density at radius 3 is 2.38 bits per heavy atom. The highest BCUT2D eigenvalue weighted by Crippen LogP contribution is 2.06. The number of rotatable bonds is 7. The molecule has 0 fully saturated rings. The Hall–Kier alpha value is -1.10. The van der Waals surface area contributed by atoms with Gasteiger partial charge < -0.3 is 15.2 Å². The van der Waals surface area contributed by atoms with Crippen LogP contribution in [0.4, 0.5) is 0 Å². The van der Waals surface area contributed by atoms with Gasteiger partial charge in [0.2, 0.25) is 0 Å². The summed E-state index contributed by atoms with van der Waals surface area (Å²) in [6, 6.07) is 0. The van der Waals surface area contributed by atoms with E-state index in [-0.39, 0.29) is 18.9 Å². The molecule has 0 aromatic carbocycles. The summed E-state index contributed by atoms with van der Waals surface area (Å²) in [6.07, 6.45) is 1.54. The maximum Gasteiger partial charge on any atom is 0.320 e. The number of carboxylic acid groups (broad SMARTS) is 1. The van der Waals surface area contributed by atoms with Crippen molar-refractivity contribution in [1.29, 1.82) is 0 Å².